The summed E-state index contributed by atoms with van der Waals surface area (Å²) >= 11 is 3.28. The van der Waals surface area contributed by atoms with E-state index in [2.05, 4.69) is 22.5 Å². The van der Waals surface area contributed by atoms with Gasteiger partial charge in [0.1, 0.15) is 23.9 Å². The summed E-state index contributed by atoms with van der Waals surface area (Å²) in [7, 11) is 0. The topological polar surface area (TPSA) is 74.2 Å². The van der Waals surface area contributed by atoms with Crippen LogP contribution in [-0.2, 0) is 23.7 Å². The molecule has 2 rings (SSSR count). The molecule has 2 heterocycles. The minimum atomic E-state index is -1.37. The van der Waals surface area contributed by atoms with E-state index in [0.29, 0.717) is 5.33 Å². The van der Waals surface area contributed by atoms with Gasteiger partial charge in [0, 0.05) is 12.3 Å². The van der Waals surface area contributed by atoms with Gasteiger partial charge in [0.05, 0.1) is 0 Å². The first-order valence-corrected chi connectivity index (χ1v) is 7.93. The highest BCUT2D eigenvalue weighted by Gasteiger charge is 2.64. The molecular formula is C14H21BrO6. The van der Waals surface area contributed by atoms with Crippen LogP contribution in [-0.4, -0.2) is 52.4 Å². The van der Waals surface area contributed by atoms with E-state index in [-0.39, 0.29) is 6.42 Å². The summed E-state index contributed by atoms with van der Waals surface area (Å²) in [6.45, 7) is 8.49. The molecule has 0 aromatic carbocycles. The molecule has 6 nitrogen and oxygen atoms in total. The molecule has 0 aromatic heterocycles. The highest BCUT2D eigenvalue weighted by molar-refractivity contribution is 9.09. The van der Waals surface area contributed by atoms with E-state index < -0.39 is 42.0 Å². The van der Waals surface area contributed by atoms with Crippen molar-refractivity contribution in [1.29, 1.82) is 0 Å². The fourth-order valence-corrected chi connectivity index (χ4v) is 3.32. The molecule has 0 aliphatic carbocycles. The number of carbonyl (C=O) groups excluding carboxylic acids is 1. The molecule has 0 saturated carbocycles. The second-order valence-corrected chi connectivity index (χ2v) is 6.41. The molecule has 0 aromatic rings. The summed E-state index contributed by atoms with van der Waals surface area (Å²) in [5.74, 6) is -1.27. The molecule has 0 amide bonds. The number of fused-ring (bicyclic) bond motifs is 1. The van der Waals surface area contributed by atoms with E-state index in [1.165, 1.54) is 6.92 Å². The standard InChI is InChI=1S/C14H21BrO6/c1-5-6-14(17)10(9(7-15)18-8(2)16)19-12-11(14)20-13(3,4)21-12/h5,9-12,17H,1,6-7H2,2-4H3/t9-,10-,11+,12-,14-/m1/s1. The van der Waals surface area contributed by atoms with Crippen molar-refractivity contribution < 1.29 is 28.8 Å². The van der Waals surface area contributed by atoms with Crippen LogP contribution in [0.25, 0.3) is 0 Å². The van der Waals surface area contributed by atoms with Crippen LogP contribution < -0.4 is 0 Å². The summed E-state index contributed by atoms with van der Waals surface area (Å²) in [6.07, 6.45) is -0.937. The molecule has 0 radical (unpaired) electrons. The van der Waals surface area contributed by atoms with Crippen LogP contribution in [0.15, 0.2) is 12.7 Å². The molecule has 7 heteroatoms. The van der Waals surface area contributed by atoms with Gasteiger partial charge < -0.3 is 24.1 Å². The van der Waals surface area contributed by atoms with Gasteiger partial charge in [-0.05, 0) is 20.3 Å². The lowest BCUT2D eigenvalue weighted by Gasteiger charge is -2.35. The molecule has 1 N–H and O–H groups in total. The maximum absolute atomic E-state index is 11.2. The third kappa shape index (κ3) is 3.17. The molecule has 2 saturated heterocycles. The number of rotatable bonds is 5. The Morgan fingerprint density at radius 3 is 2.71 bits per heavy atom. The Morgan fingerprint density at radius 1 is 1.52 bits per heavy atom. The van der Waals surface area contributed by atoms with Crippen LogP contribution in [0.2, 0.25) is 0 Å². The molecule has 2 aliphatic heterocycles. The van der Waals surface area contributed by atoms with Crippen LogP contribution in [0.5, 0.6) is 0 Å². The Bertz CT molecular complexity index is 426. The Labute approximate surface area is 132 Å². The van der Waals surface area contributed by atoms with Gasteiger partial charge in [-0.15, -0.1) is 6.58 Å². The molecule has 0 bridgehead atoms. The van der Waals surface area contributed by atoms with Crippen molar-refractivity contribution in [2.24, 2.45) is 0 Å². The largest absolute Gasteiger partial charge is 0.459 e. The predicted octanol–water partition coefficient (Wildman–Crippen LogP) is 1.50. The van der Waals surface area contributed by atoms with E-state index in [0.717, 1.165) is 0 Å². The smallest absolute Gasteiger partial charge is 0.303 e. The van der Waals surface area contributed by atoms with Crippen molar-refractivity contribution in [2.45, 2.75) is 63.2 Å². The highest BCUT2D eigenvalue weighted by Crippen LogP contribution is 2.46. The minimum Gasteiger partial charge on any atom is -0.459 e. The normalized spacial score (nSPS) is 38.8. The summed E-state index contributed by atoms with van der Waals surface area (Å²) in [5.41, 5.74) is -1.37. The van der Waals surface area contributed by atoms with Gasteiger partial charge in [0.25, 0.3) is 0 Å². The summed E-state index contributed by atoms with van der Waals surface area (Å²) < 4.78 is 22.4. The Hall–Kier alpha value is -0.470. The second-order valence-electron chi connectivity index (χ2n) is 5.77. The van der Waals surface area contributed by atoms with E-state index >= 15 is 0 Å². The van der Waals surface area contributed by atoms with E-state index in [4.69, 9.17) is 18.9 Å². The van der Waals surface area contributed by atoms with Gasteiger partial charge in [-0.3, -0.25) is 4.79 Å². The zero-order valence-electron chi connectivity index (χ0n) is 12.4. The lowest BCUT2D eigenvalue weighted by molar-refractivity contribution is -0.242. The number of ether oxygens (including phenoxy) is 4. The monoisotopic (exact) mass is 364 g/mol. The Kier molecular flexibility index (Phi) is 4.80. The number of hydrogen-bond acceptors (Lipinski definition) is 6. The fourth-order valence-electron chi connectivity index (χ4n) is 2.85. The average Bonchev–Trinajstić information content (AvgIpc) is 2.80. The zero-order valence-corrected chi connectivity index (χ0v) is 14.0. The van der Waals surface area contributed by atoms with Gasteiger partial charge in [-0.25, -0.2) is 0 Å². The number of carbonyl (C=O) groups is 1. The van der Waals surface area contributed by atoms with Crippen LogP contribution in [0.3, 0.4) is 0 Å². The van der Waals surface area contributed by atoms with Gasteiger partial charge in [0.2, 0.25) is 0 Å². The Balaban J connectivity index is 2.26. The van der Waals surface area contributed by atoms with Crippen LogP contribution in [0.4, 0.5) is 0 Å². The number of hydrogen-bond donors (Lipinski definition) is 1. The minimum absolute atomic E-state index is 0.239. The molecule has 120 valence electrons. The first-order chi connectivity index (χ1) is 9.73. The molecule has 2 aliphatic rings. The van der Waals surface area contributed by atoms with Crippen LogP contribution in [0.1, 0.15) is 27.2 Å². The molecule has 2 fully saturated rings. The van der Waals surface area contributed by atoms with Gasteiger partial charge >= 0.3 is 5.97 Å². The number of esters is 1. The second kappa shape index (κ2) is 5.96. The average molecular weight is 365 g/mol. The zero-order chi connectivity index (χ0) is 15.8. The van der Waals surface area contributed by atoms with Crippen LogP contribution >= 0.6 is 15.9 Å². The van der Waals surface area contributed by atoms with E-state index in [9.17, 15) is 9.90 Å². The van der Waals surface area contributed by atoms with Crippen LogP contribution in [0, 0.1) is 0 Å². The maximum Gasteiger partial charge on any atom is 0.303 e. The molecular weight excluding hydrogens is 344 g/mol. The molecule has 0 unspecified atom stereocenters. The molecule has 0 spiro atoms. The molecule has 5 atom stereocenters. The number of halogens is 1. The van der Waals surface area contributed by atoms with E-state index in [1.54, 1.807) is 19.9 Å². The number of aliphatic hydroxyl groups is 1. The van der Waals surface area contributed by atoms with Crippen molar-refractivity contribution >= 4 is 21.9 Å². The predicted molar refractivity (Wildman–Crippen MR) is 77.8 cm³/mol. The first kappa shape index (κ1) is 16.9. The summed E-state index contributed by atoms with van der Waals surface area (Å²) in [5, 5.41) is 11.4. The third-order valence-corrected chi connectivity index (χ3v) is 4.24. The lowest BCUT2D eigenvalue weighted by atomic mass is 9.86. The van der Waals surface area contributed by atoms with Gasteiger partial charge in [-0.1, -0.05) is 22.0 Å². The van der Waals surface area contributed by atoms with Crippen molar-refractivity contribution in [2.75, 3.05) is 5.33 Å². The number of alkyl halides is 1. The lowest BCUT2D eigenvalue weighted by Crippen LogP contribution is -2.54. The van der Waals surface area contributed by atoms with Crippen molar-refractivity contribution in [3.8, 4) is 0 Å². The summed E-state index contributed by atoms with van der Waals surface area (Å²) in [4.78, 5) is 11.2. The fraction of sp³-hybridized carbons (Fsp3) is 0.786. The first-order valence-electron chi connectivity index (χ1n) is 6.81. The molecule has 21 heavy (non-hydrogen) atoms. The quantitative estimate of drug-likeness (QED) is 0.452. The van der Waals surface area contributed by atoms with Gasteiger partial charge in [-0.2, -0.15) is 0 Å². The van der Waals surface area contributed by atoms with Gasteiger partial charge in [0.15, 0.2) is 12.1 Å². The van der Waals surface area contributed by atoms with Crippen molar-refractivity contribution in [3.63, 3.8) is 0 Å². The van der Waals surface area contributed by atoms with Crippen molar-refractivity contribution in [3.05, 3.63) is 12.7 Å². The SMILES string of the molecule is C=CC[C@@]1(O)[C@@H]([C@@H](CBr)OC(C)=O)O[C@@H]2OC(C)(C)O[C@@H]21. The maximum atomic E-state index is 11.2. The van der Waals surface area contributed by atoms with Crippen molar-refractivity contribution in [1.82, 2.24) is 0 Å². The summed E-state index contributed by atoms with van der Waals surface area (Å²) in [6, 6.07) is 0. The Morgan fingerprint density at radius 2 is 2.19 bits per heavy atom. The highest BCUT2D eigenvalue weighted by atomic mass is 79.9. The third-order valence-electron chi connectivity index (χ3n) is 3.60. The van der Waals surface area contributed by atoms with E-state index in [1.807, 2.05) is 0 Å².